The van der Waals surface area contributed by atoms with Crippen LogP contribution in [-0.2, 0) is 19.6 Å². The molecule has 0 aliphatic rings. The number of hydrogen-bond acceptors (Lipinski definition) is 4. The van der Waals surface area contributed by atoms with Crippen molar-refractivity contribution in [3.05, 3.63) is 30.3 Å². The van der Waals surface area contributed by atoms with Crippen LogP contribution in [0.5, 0.6) is 0 Å². The molecule has 1 aromatic rings. The minimum Gasteiger partial charge on any atom is -0.382 e. The summed E-state index contributed by atoms with van der Waals surface area (Å²) in [7, 11) is -3.68. The van der Waals surface area contributed by atoms with Crippen molar-refractivity contribution < 1.29 is 17.9 Å². The lowest BCUT2D eigenvalue weighted by atomic mass is 10.3. The zero-order valence-electron chi connectivity index (χ0n) is 12.3. The molecule has 1 aromatic carbocycles. The summed E-state index contributed by atoms with van der Waals surface area (Å²) in [5.74, 6) is -0.356. The Morgan fingerprint density at radius 2 is 1.95 bits per heavy atom. The Balaban J connectivity index is 2.45. The van der Waals surface area contributed by atoms with Crippen LogP contribution in [0.1, 0.15) is 20.3 Å². The standard InChI is InChI=1S/C14H22N2O4S/c1-3-20-11-7-10-15-14(17)12(2)16-21(18,19)13-8-5-4-6-9-13/h4-6,8-9,12,16H,3,7,10-11H2,1-2H3,(H,15,17). The Morgan fingerprint density at radius 1 is 1.29 bits per heavy atom. The van der Waals surface area contributed by atoms with Crippen LogP contribution in [0.25, 0.3) is 0 Å². The molecule has 0 aliphatic heterocycles. The number of hydrogen-bond donors (Lipinski definition) is 2. The summed E-state index contributed by atoms with van der Waals surface area (Å²) in [6.07, 6.45) is 0.692. The SMILES string of the molecule is CCOCCCNC(=O)C(C)NS(=O)(=O)c1ccccc1. The van der Waals surface area contributed by atoms with E-state index in [-0.39, 0.29) is 10.8 Å². The van der Waals surface area contributed by atoms with E-state index < -0.39 is 16.1 Å². The maximum atomic E-state index is 12.1. The van der Waals surface area contributed by atoms with Crippen LogP contribution in [0.15, 0.2) is 35.2 Å². The number of rotatable bonds is 9. The summed E-state index contributed by atoms with van der Waals surface area (Å²) >= 11 is 0. The predicted molar refractivity (Wildman–Crippen MR) is 80.3 cm³/mol. The fourth-order valence-corrected chi connectivity index (χ4v) is 2.86. The van der Waals surface area contributed by atoms with E-state index in [2.05, 4.69) is 10.0 Å². The third-order valence-electron chi connectivity index (χ3n) is 2.75. The van der Waals surface area contributed by atoms with Crippen LogP contribution in [0, 0.1) is 0 Å². The molecular formula is C14H22N2O4S. The Bertz CT molecular complexity index is 531. The molecule has 21 heavy (non-hydrogen) atoms. The van der Waals surface area contributed by atoms with Gasteiger partial charge in [-0.3, -0.25) is 4.79 Å². The Hall–Kier alpha value is -1.44. The topological polar surface area (TPSA) is 84.5 Å². The fourth-order valence-electron chi connectivity index (χ4n) is 1.64. The molecule has 7 heteroatoms. The summed E-state index contributed by atoms with van der Waals surface area (Å²) in [6, 6.07) is 7.12. The summed E-state index contributed by atoms with van der Waals surface area (Å²) in [5, 5.41) is 2.67. The van der Waals surface area contributed by atoms with Gasteiger partial charge in [-0.2, -0.15) is 4.72 Å². The van der Waals surface area contributed by atoms with Gasteiger partial charge < -0.3 is 10.1 Å². The molecule has 0 bridgehead atoms. The predicted octanol–water partition coefficient (Wildman–Crippen LogP) is 0.896. The molecule has 0 aromatic heterocycles. The highest BCUT2D eigenvalue weighted by molar-refractivity contribution is 7.89. The molecule has 1 unspecified atom stereocenters. The lowest BCUT2D eigenvalue weighted by Crippen LogP contribution is -2.45. The summed E-state index contributed by atoms with van der Waals surface area (Å²) < 4.78 is 31.6. The smallest absolute Gasteiger partial charge is 0.241 e. The maximum Gasteiger partial charge on any atom is 0.241 e. The number of ether oxygens (including phenoxy) is 1. The number of carbonyl (C=O) groups is 1. The van der Waals surface area contributed by atoms with E-state index in [9.17, 15) is 13.2 Å². The minimum atomic E-state index is -3.68. The van der Waals surface area contributed by atoms with Gasteiger partial charge in [0.1, 0.15) is 0 Å². The van der Waals surface area contributed by atoms with Crippen LogP contribution in [0.4, 0.5) is 0 Å². The van der Waals surface area contributed by atoms with E-state index >= 15 is 0 Å². The molecule has 1 atom stereocenters. The van der Waals surface area contributed by atoms with Crippen molar-refractivity contribution in [3.8, 4) is 0 Å². The van der Waals surface area contributed by atoms with E-state index in [1.54, 1.807) is 18.2 Å². The Labute approximate surface area is 125 Å². The van der Waals surface area contributed by atoms with Gasteiger partial charge in [-0.1, -0.05) is 18.2 Å². The normalized spacial score (nSPS) is 12.9. The lowest BCUT2D eigenvalue weighted by Gasteiger charge is -2.14. The molecule has 0 fully saturated rings. The Morgan fingerprint density at radius 3 is 2.57 bits per heavy atom. The van der Waals surface area contributed by atoms with Crippen LogP contribution >= 0.6 is 0 Å². The molecule has 1 amide bonds. The molecule has 1 rings (SSSR count). The van der Waals surface area contributed by atoms with Crippen molar-refractivity contribution in [2.75, 3.05) is 19.8 Å². The second-order valence-electron chi connectivity index (χ2n) is 4.50. The quantitative estimate of drug-likeness (QED) is 0.663. The number of benzene rings is 1. The molecule has 0 aliphatic carbocycles. The second kappa shape index (κ2) is 8.76. The van der Waals surface area contributed by atoms with Gasteiger partial charge in [0, 0.05) is 19.8 Å². The van der Waals surface area contributed by atoms with Crippen molar-refractivity contribution >= 4 is 15.9 Å². The highest BCUT2D eigenvalue weighted by atomic mass is 32.2. The highest BCUT2D eigenvalue weighted by Gasteiger charge is 2.21. The maximum absolute atomic E-state index is 12.1. The molecular weight excluding hydrogens is 292 g/mol. The molecule has 0 heterocycles. The van der Waals surface area contributed by atoms with Crippen molar-refractivity contribution in [2.24, 2.45) is 0 Å². The van der Waals surface area contributed by atoms with Gasteiger partial charge in [0.2, 0.25) is 15.9 Å². The van der Waals surface area contributed by atoms with Crippen molar-refractivity contribution in [1.29, 1.82) is 0 Å². The molecule has 0 saturated heterocycles. The number of nitrogens with one attached hydrogen (secondary N) is 2. The van der Waals surface area contributed by atoms with Crippen molar-refractivity contribution in [2.45, 2.75) is 31.2 Å². The molecule has 0 saturated carbocycles. The lowest BCUT2D eigenvalue weighted by molar-refractivity contribution is -0.122. The largest absolute Gasteiger partial charge is 0.382 e. The zero-order valence-corrected chi connectivity index (χ0v) is 13.2. The van der Waals surface area contributed by atoms with E-state index in [0.29, 0.717) is 26.2 Å². The van der Waals surface area contributed by atoms with Crippen LogP contribution in [-0.4, -0.2) is 40.1 Å². The summed E-state index contributed by atoms with van der Waals surface area (Å²) in [4.78, 5) is 11.9. The molecule has 0 spiro atoms. The fraction of sp³-hybridized carbons (Fsp3) is 0.500. The van der Waals surface area contributed by atoms with Crippen LogP contribution in [0.3, 0.4) is 0 Å². The summed E-state index contributed by atoms with van der Waals surface area (Å²) in [6.45, 7) is 5.08. The third-order valence-corrected chi connectivity index (χ3v) is 4.30. The van der Waals surface area contributed by atoms with Gasteiger partial charge in [0.15, 0.2) is 0 Å². The van der Waals surface area contributed by atoms with Crippen LogP contribution < -0.4 is 10.0 Å². The first-order chi connectivity index (χ1) is 9.97. The van der Waals surface area contributed by atoms with E-state index in [1.807, 2.05) is 6.92 Å². The second-order valence-corrected chi connectivity index (χ2v) is 6.21. The van der Waals surface area contributed by atoms with E-state index in [4.69, 9.17) is 4.74 Å². The first kappa shape index (κ1) is 17.6. The average molecular weight is 314 g/mol. The number of amides is 1. The molecule has 6 nitrogen and oxygen atoms in total. The third kappa shape index (κ3) is 6.24. The van der Waals surface area contributed by atoms with Gasteiger partial charge in [0.25, 0.3) is 0 Å². The number of carbonyl (C=O) groups excluding carboxylic acids is 1. The van der Waals surface area contributed by atoms with E-state index in [1.165, 1.54) is 19.1 Å². The van der Waals surface area contributed by atoms with Crippen molar-refractivity contribution in [1.82, 2.24) is 10.0 Å². The van der Waals surface area contributed by atoms with Gasteiger partial charge in [-0.05, 0) is 32.4 Å². The zero-order chi connectivity index (χ0) is 15.7. The Kier molecular flexibility index (Phi) is 7.35. The molecule has 2 N–H and O–H groups in total. The van der Waals surface area contributed by atoms with Crippen LogP contribution in [0.2, 0.25) is 0 Å². The average Bonchev–Trinajstić information content (AvgIpc) is 2.47. The first-order valence-electron chi connectivity index (χ1n) is 6.90. The first-order valence-corrected chi connectivity index (χ1v) is 8.38. The monoisotopic (exact) mass is 314 g/mol. The van der Waals surface area contributed by atoms with Gasteiger partial charge in [0.05, 0.1) is 10.9 Å². The minimum absolute atomic E-state index is 0.140. The summed E-state index contributed by atoms with van der Waals surface area (Å²) in [5.41, 5.74) is 0. The van der Waals surface area contributed by atoms with Gasteiger partial charge >= 0.3 is 0 Å². The van der Waals surface area contributed by atoms with E-state index in [0.717, 1.165) is 0 Å². The van der Waals surface area contributed by atoms with Crippen molar-refractivity contribution in [3.63, 3.8) is 0 Å². The van der Waals surface area contributed by atoms with Gasteiger partial charge in [-0.25, -0.2) is 8.42 Å². The highest BCUT2D eigenvalue weighted by Crippen LogP contribution is 2.07. The number of sulfonamides is 1. The molecule has 0 radical (unpaired) electrons. The van der Waals surface area contributed by atoms with Gasteiger partial charge in [-0.15, -0.1) is 0 Å². The molecule has 118 valence electrons.